The highest BCUT2D eigenvalue weighted by atomic mass is 35.5. The average Bonchev–Trinajstić information content (AvgIpc) is 2.51. The van der Waals surface area contributed by atoms with Crippen LogP contribution < -0.4 is 15.8 Å². The van der Waals surface area contributed by atoms with Crippen LogP contribution in [-0.4, -0.2) is 19.1 Å². The first kappa shape index (κ1) is 18.8. The Morgan fingerprint density at radius 2 is 1.83 bits per heavy atom. The van der Waals surface area contributed by atoms with E-state index in [1.807, 2.05) is 44.2 Å². The summed E-state index contributed by atoms with van der Waals surface area (Å²) in [6.07, 6.45) is 0.751. The van der Waals surface area contributed by atoms with Crippen molar-refractivity contribution in [3.63, 3.8) is 0 Å². The third-order valence-corrected chi connectivity index (χ3v) is 3.40. The van der Waals surface area contributed by atoms with Crippen LogP contribution in [0.5, 0.6) is 5.75 Å². The van der Waals surface area contributed by atoms with Gasteiger partial charge in [0.15, 0.2) is 0 Å². The molecule has 0 saturated heterocycles. The number of carbonyl (C=O) groups excluding carboxylic acids is 1. The molecular weight excluding hydrogens is 312 g/mol. The Hall–Kier alpha value is -2.20. The second-order valence-electron chi connectivity index (χ2n) is 5.35. The van der Waals surface area contributed by atoms with E-state index >= 15 is 0 Å². The van der Waals surface area contributed by atoms with Gasteiger partial charge in [0.05, 0.1) is 6.61 Å². The summed E-state index contributed by atoms with van der Waals surface area (Å²) >= 11 is 0. The molecule has 0 unspecified atom stereocenters. The van der Waals surface area contributed by atoms with Crippen LogP contribution in [0.2, 0.25) is 0 Å². The van der Waals surface area contributed by atoms with E-state index in [0.717, 1.165) is 17.7 Å². The second kappa shape index (κ2) is 9.06. The number of carbonyl (C=O) groups is 1. The highest BCUT2D eigenvalue weighted by molar-refractivity contribution is 5.96. The summed E-state index contributed by atoms with van der Waals surface area (Å²) < 4.78 is 5.62. The minimum atomic E-state index is -0.0971. The van der Waals surface area contributed by atoms with E-state index in [1.54, 1.807) is 12.1 Å². The maximum absolute atomic E-state index is 12.1. The van der Waals surface area contributed by atoms with Gasteiger partial charge < -0.3 is 15.8 Å². The van der Waals surface area contributed by atoms with E-state index in [9.17, 15) is 4.79 Å². The predicted octanol–water partition coefficient (Wildman–Crippen LogP) is 3.51. The largest absolute Gasteiger partial charge is 0.494 e. The van der Waals surface area contributed by atoms with Crippen molar-refractivity contribution >= 4 is 24.0 Å². The van der Waals surface area contributed by atoms with Gasteiger partial charge in [0.1, 0.15) is 5.75 Å². The number of anilines is 1. The summed E-state index contributed by atoms with van der Waals surface area (Å²) in [7, 11) is 0. The zero-order valence-electron chi connectivity index (χ0n) is 13.5. The molecule has 2 aromatic rings. The Morgan fingerprint density at radius 3 is 2.52 bits per heavy atom. The lowest BCUT2D eigenvalue weighted by Crippen LogP contribution is -2.26. The smallest absolute Gasteiger partial charge is 0.251 e. The SMILES string of the molecule is Cc1ccc(OCCCNC(=O)c2cc(N)ccc2C)cc1.Cl. The fourth-order valence-electron chi connectivity index (χ4n) is 2.08. The van der Waals surface area contributed by atoms with Crippen LogP contribution >= 0.6 is 12.4 Å². The van der Waals surface area contributed by atoms with Gasteiger partial charge in [0.2, 0.25) is 0 Å². The van der Waals surface area contributed by atoms with Crippen molar-refractivity contribution in [3.05, 3.63) is 59.2 Å². The lowest BCUT2D eigenvalue weighted by molar-refractivity contribution is 0.0951. The molecule has 0 aliphatic rings. The summed E-state index contributed by atoms with van der Waals surface area (Å²) in [4.78, 5) is 12.1. The van der Waals surface area contributed by atoms with Gasteiger partial charge in [0, 0.05) is 17.8 Å². The molecule has 0 atom stereocenters. The Bertz CT molecular complexity index is 642. The van der Waals surface area contributed by atoms with Crippen molar-refractivity contribution < 1.29 is 9.53 Å². The molecule has 0 aliphatic heterocycles. The molecule has 3 N–H and O–H groups in total. The first-order valence-corrected chi connectivity index (χ1v) is 7.40. The Balaban J connectivity index is 0.00000264. The van der Waals surface area contributed by atoms with Crippen LogP contribution in [0.1, 0.15) is 27.9 Å². The van der Waals surface area contributed by atoms with E-state index in [-0.39, 0.29) is 18.3 Å². The molecule has 1 amide bonds. The van der Waals surface area contributed by atoms with Crippen molar-refractivity contribution in [1.29, 1.82) is 0 Å². The van der Waals surface area contributed by atoms with Crippen molar-refractivity contribution in [2.45, 2.75) is 20.3 Å². The fraction of sp³-hybridized carbons (Fsp3) is 0.278. The van der Waals surface area contributed by atoms with Crippen LogP contribution in [-0.2, 0) is 0 Å². The molecule has 2 rings (SSSR count). The van der Waals surface area contributed by atoms with Crippen LogP contribution in [0.4, 0.5) is 5.69 Å². The summed E-state index contributed by atoms with van der Waals surface area (Å²) in [5, 5.41) is 2.89. The molecule has 2 aromatic carbocycles. The number of aryl methyl sites for hydroxylation is 2. The van der Waals surface area contributed by atoms with Crippen LogP contribution in [0, 0.1) is 13.8 Å². The quantitative estimate of drug-likeness (QED) is 0.627. The number of nitrogens with two attached hydrogens (primary N) is 1. The van der Waals surface area contributed by atoms with E-state index < -0.39 is 0 Å². The van der Waals surface area contributed by atoms with Gasteiger partial charge >= 0.3 is 0 Å². The lowest BCUT2D eigenvalue weighted by atomic mass is 10.1. The number of halogens is 1. The molecule has 0 radical (unpaired) electrons. The number of benzene rings is 2. The van der Waals surface area contributed by atoms with Crippen molar-refractivity contribution in [3.8, 4) is 5.75 Å². The van der Waals surface area contributed by atoms with Gasteiger partial charge in [-0.05, 0) is 50.1 Å². The molecule has 124 valence electrons. The number of rotatable bonds is 6. The van der Waals surface area contributed by atoms with Gasteiger partial charge in [-0.3, -0.25) is 4.79 Å². The van der Waals surface area contributed by atoms with E-state index in [0.29, 0.717) is 24.4 Å². The normalized spacial score (nSPS) is 9.83. The molecule has 0 saturated carbocycles. The number of hydrogen-bond acceptors (Lipinski definition) is 3. The monoisotopic (exact) mass is 334 g/mol. The Labute approximate surface area is 143 Å². The average molecular weight is 335 g/mol. The third kappa shape index (κ3) is 5.83. The van der Waals surface area contributed by atoms with Crippen molar-refractivity contribution in [1.82, 2.24) is 5.32 Å². The van der Waals surface area contributed by atoms with Gasteiger partial charge in [-0.1, -0.05) is 23.8 Å². The van der Waals surface area contributed by atoms with Gasteiger partial charge in [-0.2, -0.15) is 0 Å². The Morgan fingerprint density at radius 1 is 1.13 bits per heavy atom. The van der Waals surface area contributed by atoms with E-state index in [4.69, 9.17) is 10.5 Å². The second-order valence-corrected chi connectivity index (χ2v) is 5.35. The number of hydrogen-bond donors (Lipinski definition) is 2. The molecule has 0 spiro atoms. The summed E-state index contributed by atoms with van der Waals surface area (Å²) in [5.41, 5.74) is 9.06. The highest BCUT2D eigenvalue weighted by Crippen LogP contribution is 2.13. The molecule has 0 fully saturated rings. The van der Waals surface area contributed by atoms with Crippen molar-refractivity contribution in [2.75, 3.05) is 18.9 Å². The molecular formula is C18H23ClN2O2. The van der Waals surface area contributed by atoms with Crippen LogP contribution in [0.3, 0.4) is 0 Å². The minimum absolute atomic E-state index is 0. The van der Waals surface area contributed by atoms with E-state index in [1.165, 1.54) is 5.56 Å². The lowest BCUT2D eigenvalue weighted by Gasteiger charge is -2.09. The number of nitrogens with one attached hydrogen (secondary N) is 1. The number of amides is 1. The van der Waals surface area contributed by atoms with Gasteiger partial charge in [-0.25, -0.2) is 0 Å². The maximum atomic E-state index is 12.1. The van der Waals surface area contributed by atoms with Gasteiger partial charge in [-0.15, -0.1) is 12.4 Å². The third-order valence-electron chi connectivity index (χ3n) is 3.40. The molecule has 4 nitrogen and oxygen atoms in total. The van der Waals surface area contributed by atoms with E-state index in [2.05, 4.69) is 5.32 Å². The molecule has 0 bridgehead atoms. The fourth-order valence-corrected chi connectivity index (χ4v) is 2.08. The highest BCUT2D eigenvalue weighted by Gasteiger charge is 2.08. The standard InChI is InChI=1S/C18H22N2O2.ClH/c1-13-4-8-16(9-5-13)22-11-3-10-20-18(21)17-12-15(19)7-6-14(17)2;/h4-9,12H,3,10-11,19H2,1-2H3,(H,20,21);1H. The van der Waals surface area contributed by atoms with Crippen molar-refractivity contribution in [2.24, 2.45) is 0 Å². The topological polar surface area (TPSA) is 64.3 Å². The first-order chi connectivity index (χ1) is 10.6. The van der Waals surface area contributed by atoms with Crippen LogP contribution in [0.15, 0.2) is 42.5 Å². The Kier molecular flexibility index (Phi) is 7.42. The molecule has 0 heterocycles. The first-order valence-electron chi connectivity index (χ1n) is 7.40. The molecule has 0 aliphatic carbocycles. The predicted molar refractivity (Wildman–Crippen MR) is 96.5 cm³/mol. The number of ether oxygens (including phenoxy) is 1. The van der Waals surface area contributed by atoms with Gasteiger partial charge in [0.25, 0.3) is 5.91 Å². The molecule has 5 heteroatoms. The molecule has 0 aromatic heterocycles. The van der Waals surface area contributed by atoms with Crippen LogP contribution in [0.25, 0.3) is 0 Å². The summed E-state index contributed by atoms with van der Waals surface area (Å²) in [5.74, 6) is 0.753. The zero-order chi connectivity index (χ0) is 15.9. The summed E-state index contributed by atoms with van der Waals surface area (Å²) in [6.45, 7) is 5.07. The number of nitrogen functional groups attached to an aromatic ring is 1. The summed E-state index contributed by atoms with van der Waals surface area (Å²) in [6, 6.07) is 13.3. The molecule has 23 heavy (non-hydrogen) atoms. The zero-order valence-corrected chi connectivity index (χ0v) is 14.3. The minimum Gasteiger partial charge on any atom is -0.494 e. The maximum Gasteiger partial charge on any atom is 0.251 e.